The fourth-order valence-corrected chi connectivity index (χ4v) is 15.6. The molecule has 770 valence electrons. The lowest BCUT2D eigenvalue weighted by Gasteiger charge is -2.22. The largest absolute Gasteiger partial charge is 0.519 e. The van der Waals surface area contributed by atoms with Crippen LogP contribution in [0.2, 0.25) is 6.82 Å². The Kier molecular flexibility index (Phi) is 64.8. The molecule has 139 heavy (non-hydrogen) atoms. The van der Waals surface area contributed by atoms with Crippen LogP contribution in [0.15, 0.2) is 170 Å². The molecule has 4 saturated heterocycles. The molecule has 0 bridgehead atoms. The topological polar surface area (TPSA) is 422 Å². The first-order valence-corrected chi connectivity index (χ1v) is 52.2. The van der Waals surface area contributed by atoms with Gasteiger partial charge in [0.05, 0.1) is 61.3 Å². The van der Waals surface area contributed by atoms with Crippen molar-refractivity contribution in [2.24, 2.45) is 11.5 Å². The van der Waals surface area contributed by atoms with Crippen LogP contribution >= 0.6 is 90.4 Å². The fraction of sp³-hybridized carbons (Fsp3) is 0.533. The average molecular weight is 2380 g/mol. The maximum absolute atomic E-state index is 11.6. The average Bonchev–Trinajstić information content (AvgIpc) is 1.06. The maximum atomic E-state index is 11.6. The molecule has 0 spiro atoms. The number of amides is 2. The molecule has 0 aromatic heterocycles. The Balaban J connectivity index is 0.000000545. The summed E-state index contributed by atoms with van der Waals surface area (Å²) in [5, 5.41) is 85.2. The molecule has 0 saturated carbocycles. The quantitative estimate of drug-likeness (QED) is 0.00412. The lowest BCUT2D eigenvalue weighted by Crippen LogP contribution is -2.33. The van der Waals surface area contributed by atoms with Crippen LogP contribution in [0, 0.1) is 37.5 Å². The summed E-state index contributed by atoms with van der Waals surface area (Å²) >= 11 is 8.77. The Morgan fingerprint density at radius 2 is 0.813 bits per heavy atom. The second-order valence-corrected chi connectivity index (χ2v) is 42.4. The zero-order valence-corrected chi connectivity index (χ0v) is 92.0. The number of halogens is 4. The Labute approximate surface area is 882 Å². The molecule has 11 rings (SSSR count). The van der Waals surface area contributed by atoms with Crippen molar-refractivity contribution >= 4 is 128 Å². The Hall–Kier alpha value is -7.04. The van der Waals surface area contributed by atoms with E-state index >= 15 is 0 Å². The normalized spacial score (nSPS) is 16.1. The van der Waals surface area contributed by atoms with Gasteiger partial charge in [0.1, 0.15) is 34.8 Å². The van der Waals surface area contributed by atoms with E-state index < -0.39 is 90.6 Å². The Morgan fingerprint density at radius 1 is 0.460 bits per heavy atom. The molecule has 4 heterocycles. The van der Waals surface area contributed by atoms with Crippen LogP contribution in [-0.4, -0.2) is 180 Å². The van der Waals surface area contributed by atoms with Crippen LogP contribution in [0.1, 0.15) is 304 Å². The first kappa shape index (κ1) is 126. The lowest BCUT2D eigenvalue weighted by molar-refractivity contribution is -0.0295. The van der Waals surface area contributed by atoms with Gasteiger partial charge >= 0.3 is 31.5 Å². The van der Waals surface area contributed by atoms with E-state index in [1.807, 2.05) is 187 Å². The van der Waals surface area contributed by atoms with Gasteiger partial charge in [0, 0.05) is 73.0 Å². The first-order valence-electron chi connectivity index (χ1n) is 47.9. The molecule has 9 atom stereocenters. The van der Waals surface area contributed by atoms with Crippen LogP contribution in [0.3, 0.4) is 0 Å². The van der Waals surface area contributed by atoms with Crippen molar-refractivity contribution in [3.63, 3.8) is 0 Å². The molecule has 32 heteroatoms. The summed E-state index contributed by atoms with van der Waals surface area (Å²) < 4.78 is 50.5. The molecular weight excluding hydrogens is 2220 g/mol. The van der Waals surface area contributed by atoms with E-state index in [4.69, 9.17) is 59.6 Å². The number of nitriles is 1. The van der Waals surface area contributed by atoms with Crippen LogP contribution in [-0.2, 0) is 55.5 Å². The highest BCUT2D eigenvalue weighted by Gasteiger charge is 2.26. The van der Waals surface area contributed by atoms with Crippen molar-refractivity contribution in [1.82, 2.24) is 15.9 Å². The number of aryl methyl sites for hydroxylation is 2. The third kappa shape index (κ3) is 64.4. The minimum Gasteiger partial charge on any atom is -0.444 e. The van der Waals surface area contributed by atoms with Gasteiger partial charge in [0.2, 0.25) is 0 Å². The summed E-state index contributed by atoms with van der Waals surface area (Å²) in [4.78, 5) is 55.2. The maximum Gasteiger partial charge on any atom is 0.519 e. The molecular formula is C107H155BI4N6O21. The number of aliphatic hydroxyl groups is 6. The monoisotopic (exact) mass is 2380 g/mol. The van der Waals surface area contributed by atoms with Gasteiger partial charge in [0.25, 0.3) is 0 Å². The molecule has 4 aliphatic heterocycles. The predicted molar refractivity (Wildman–Crippen MR) is 583 cm³/mol. The third-order valence-corrected chi connectivity index (χ3v) is 22.9. The summed E-state index contributed by atoms with van der Waals surface area (Å²) in [6.45, 7) is 29.5. The van der Waals surface area contributed by atoms with Crippen LogP contribution in [0.4, 0.5) is 19.2 Å². The number of hydrogen-bond acceptors (Lipinski definition) is 25. The zero-order valence-electron chi connectivity index (χ0n) is 83.4. The van der Waals surface area contributed by atoms with Crippen LogP contribution < -0.4 is 27.3 Å². The molecule has 27 nitrogen and oxygen atoms in total. The summed E-state index contributed by atoms with van der Waals surface area (Å²) in [6.07, 6.45) is 15.5. The molecule has 9 unspecified atom stereocenters. The number of carbonyl (C=O) groups is 5. The number of carbonyl (C=O) groups excluding carboxylic acids is 5. The smallest absolute Gasteiger partial charge is 0.444 e. The highest BCUT2D eigenvalue weighted by atomic mass is 127. The van der Waals surface area contributed by atoms with Gasteiger partial charge in [-0.15, -0.1) is 0 Å². The Bertz CT molecular complexity index is 4680. The van der Waals surface area contributed by atoms with E-state index in [-0.39, 0.29) is 14.0 Å². The highest BCUT2D eigenvalue weighted by Crippen LogP contribution is 2.28. The second kappa shape index (κ2) is 71.4. The predicted octanol–water partition coefficient (Wildman–Crippen LogP) is 21.6. The van der Waals surface area contributed by atoms with Crippen molar-refractivity contribution in [2.75, 3.05) is 65.8 Å². The summed E-state index contributed by atoms with van der Waals surface area (Å²) in [7, 11) is -0.533. The molecule has 0 aliphatic carbocycles. The van der Waals surface area contributed by atoms with Gasteiger partial charge in [0.15, 0.2) is 0 Å². The van der Waals surface area contributed by atoms with E-state index in [0.717, 1.165) is 143 Å². The second-order valence-electron chi connectivity index (χ2n) is 37.4. The standard InChI is InChI=1S/C21H29NO4.C17H28BNO3.C16H25NO2.C14H20INO3.C10H18O5.C9H12INO.C9H8INO.C7H5IO.C4H8O.H2/c1-21(2,3)26-20(24)22-13-12-19(23)17-8-6-7-16(15-17)10-11-18-9-4-5-14-25-18;1-18(21)19-11-10-17(20)15-6-4-5-14(13-15)8-9-16-7-2-3-12-22-16;17-10-9-16(18)14-5-3-4-13(12-14)7-8-15-6-1-2-11-19-15;1-14(2,3)19-13(18)16-8-7-12(17)10-5-4-6-11(15)9-10;1-9(2,3)14-7(11)13-8(12)15-10(4,5)6;2*10-8-3-1-2-7(6-8)9(12)4-5-11;8-7-3-1-2-6(4-7)5-9;1-2-4-5-3-1;/h6-8,15,18-19,23H,4-5,9,12-14H2,1-3H3,(H,22,24);4-6,13,16-17,19-21H,2-3,7-12H2,1H3;3-5,12,15-16,18H,1-2,6-11,17H2;4-6,9,12,17H,7-8H2,1-3H3,(H,16,18);1-6H3;1-3,6,9,12H,4-5,11H2;1-3,6,9,12H,4H2;1-5H;1-4H2;1H. The van der Waals surface area contributed by atoms with Crippen molar-refractivity contribution in [3.05, 3.63) is 240 Å². The van der Waals surface area contributed by atoms with E-state index in [9.17, 15) is 54.6 Å². The number of aldehydes is 1. The van der Waals surface area contributed by atoms with Crippen molar-refractivity contribution in [2.45, 2.75) is 302 Å². The molecule has 2 amide bonds. The number of nitrogens with one attached hydrogen (secondary N) is 3. The van der Waals surface area contributed by atoms with Crippen molar-refractivity contribution in [3.8, 4) is 17.9 Å². The van der Waals surface area contributed by atoms with Crippen molar-refractivity contribution in [1.29, 1.82) is 5.26 Å². The summed E-state index contributed by atoms with van der Waals surface area (Å²) in [6, 6.07) is 56.4. The van der Waals surface area contributed by atoms with Crippen LogP contribution in [0.25, 0.3) is 0 Å². The van der Waals surface area contributed by atoms with Crippen molar-refractivity contribution < 1.29 is 104 Å². The number of ether oxygens (including phenoxy) is 9. The number of nitrogens with zero attached hydrogens (tertiary/aromatic N) is 1. The van der Waals surface area contributed by atoms with Gasteiger partial charge in [-0.1, -0.05) is 121 Å². The number of hydrogen-bond donors (Lipinski definition) is 12. The molecule has 14 N–H and O–H groups in total. The fourth-order valence-electron chi connectivity index (χ4n) is 13.4. The van der Waals surface area contributed by atoms with Gasteiger partial charge in [-0.25, -0.2) is 19.2 Å². The number of benzene rings is 7. The molecule has 0 radical (unpaired) electrons. The van der Waals surface area contributed by atoms with E-state index in [2.05, 4.69) is 147 Å². The number of rotatable bonds is 28. The van der Waals surface area contributed by atoms with Gasteiger partial charge in [-0.05, 0) is 433 Å². The van der Waals surface area contributed by atoms with Crippen LogP contribution in [0.5, 0.6) is 0 Å². The van der Waals surface area contributed by atoms with Gasteiger partial charge in [-0.2, -0.15) is 5.26 Å². The zero-order chi connectivity index (χ0) is 103. The SMILES string of the molecule is C1CCOC1.CB(O)NCCC(O)c1cccc(CCC2CCCCO2)c1.CC(C)(C)OC(=O)NCCC(O)c1cccc(C#CC2CCCCO2)c1.CC(C)(C)OC(=O)NCCC(O)c1cccc(I)c1.CC(C)(C)OC(=O)OC(=O)OC(C)(C)C.N#CCC(O)c1cccc(I)c1.NCCC(O)c1cccc(CCC2CCCCO2)c1.NCCC(O)c1cccc(I)c1.O=Cc1cccc(I)c1.[HH]. The van der Waals surface area contributed by atoms with E-state index in [1.165, 1.54) is 62.5 Å². The highest BCUT2D eigenvalue weighted by molar-refractivity contribution is 14.1. The number of nitrogens with two attached hydrogens (primary N) is 2. The Morgan fingerprint density at radius 3 is 1.15 bits per heavy atom. The summed E-state index contributed by atoms with van der Waals surface area (Å²) in [5.74, 6) is 6.29. The third-order valence-electron chi connectivity index (χ3n) is 20.2. The molecule has 7 aromatic carbocycles. The molecule has 4 aliphatic rings. The minimum absolute atomic E-state index is 0. The number of alkyl carbamates (subject to hydrolysis) is 2. The van der Waals surface area contributed by atoms with E-state index in [1.54, 1.807) is 54.4 Å². The van der Waals surface area contributed by atoms with Gasteiger partial charge in [-0.3, -0.25) is 4.79 Å². The van der Waals surface area contributed by atoms with Gasteiger partial charge < -0.3 is 106 Å². The van der Waals surface area contributed by atoms with E-state index in [0.29, 0.717) is 77.0 Å². The molecule has 4 fully saturated rings. The minimum atomic E-state index is -1.06. The first-order chi connectivity index (χ1) is 65.8. The molecule has 7 aromatic rings. The number of aliphatic hydroxyl groups excluding tert-OH is 6. The lowest BCUT2D eigenvalue weighted by atomic mass is 9.88. The summed E-state index contributed by atoms with van der Waals surface area (Å²) in [5.41, 5.74) is 17.9.